The predicted octanol–water partition coefficient (Wildman–Crippen LogP) is 0.915. The second-order valence-corrected chi connectivity index (χ2v) is 5.19. The number of hydrogen-bond donors (Lipinski definition) is 2. The Hall–Kier alpha value is -0.910. The molecule has 0 aromatic carbocycles. The third-order valence-electron chi connectivity index (χ3n) is 3.12. The smallest absolute Gasteiger partial charge is 0.240 e. The summed E-state index contributed by atoms with van der Waals surface area (Å²) in [4.78, 5) is 12.0. The molecule has 3 N–H and O–H groups in total. The van der Waals surface area contributed by atoms with Crippen molar-refractivity contribution < 1.29 is 9.53 Å². The van der Waals surface area contributed by atoms with Gasteiger partial charge in [-0.25, -0.2) is 0 Å². The van der Waals surface area contributed by atoms with E-state index in [9.17, 15) is 4.79 Å². The van der Waals surface area contributed by atoms with Crippen LogP contribution in [0.25, 0.3) is 0 Å². The number of ether oxygens (including phenoxy) is 1. The van der Waals surface area contributed by atoms with E-state index in [1.807, 2.05) is 5.38 Å². The summed E-state index contributed by atoms with van der Waals surface area (Å²) in [6, 6.07) is 2.07. The minimum atomic E-state index is -0.729. The van der Waals surface area contributed by atoms with Gasteiger partial charge in [-0.2, -0.15) is 11.3 Å². The molecule has 1 aromatic heterocycles. The van der Waals surface area contributed by atoms with E-state index >= 15 is 0 Å². The van der Waals surface area contributed by atoms with Gasteiger partial charge in [-0.3, -0.25) is 4.79 Å². The molecule has 0 spiro atoms. The maximum absolute atomic E-state index is 12.0. The van der Waals surface area contributed by atoms with Crippen molar-refractivity contribution in [1.29, 1.82) is 0 Å². The van der Waals surface area contributed by atoms with E-state index in [-0.39, 0.29) is 5.91 Å². The summed E-state index contributed by atoms with van der Waals surface area (Å²) in [5, 5.41) is 7.05. The molecule has 4 nitrogen and oxygen atoms in total. The molecular formula is C12H18N2O2S. The standard InChI is InChI=1S/C12H18N2O2S/c13-12(3-6-16-7-4-12)11(15)14-5-1-10-2-8-17-9-10/h2,8-9H,1,3-7,13H2,(H,14,15). The Bertz CT molecular complexity index is 359. The van der Waals surface area contributed by atoms with Gasteiger partial charge in [-0.1, -0.05) is 0 Å². The quantitative estimate of drug-likeness (QED) is 0.839. The number of amides is 1. The summed E-state index contributed by atoms with van der Waals surface area (Å²) in [6.07, 6.45) is 2.08. The largest absolute Gasteiger partial charge is 0.381 e. The Morgan fingerprint density at radius 2 is 2.29 bits per heavy atom. The van der Waals surface area contributed by atoms with Gasteiger partial charge >= 0.3 is 0 Å². The van der Waals surface area contributed by atoms with Crippen LogP contribution in [0.1, 0.15) is 18.4 Å². The second kappa shape index (κ2) is 5.62. The predicted molar refractivity (Wildman–Crippen MR) is 68.0 cm³/mol. The highest BCUT2D eigenvalue weighted by molar-refractivity contribution is 7.07. The van der Waals surface area contributed by atoms with Gasteiger partial charge in [0.2, 0.25) is 5.91 Å². The molecule has 0 radical (unpaired) electrons. The Balaban J connectivity index is 1.76. The number of nitrogens with two attached hydrogens (primary N) is 1. The van der Waals surface area contributed by atoms with Gasteiger partial charge in [0.05, 0.1) is 5.54 Å². The lowest BCUT2D eigenvalue weighted by molar-refractivity contribution is -0.129. The fourth-order valence-corrected chi connectivity index (χ4v) is 2.60. The zero-order chi connectivity index (χ0) is 12.1. The number of thiophene rings is 1. The van der Waals surface area contributed by atoms with Gasteiger partial charge < -0.3 is 15.8 Å². The van der Waals surface area contributed by atoms with Crippen LogP contribution in [0.5, 0.6) is 0 Å². The van der Waals surface area contributed by atoms with Crippen LogP contribution in [0.4, 0.5) is 0 Å². The van der Waals surface area contributed by atoms with Crippen molar-refractivity contribution in [3.05, 3.63) is 22.4 Å². The van der Waals surface area contributed by atoms with E-state index in [2.05, 4.69) is 16.8 Å². The van der Waals surface area contributed by atoms with Gasteiger partial charge in [0.1, 0.15) is 0 Å². The number of rotatable bonds is 4. The van der Waals surface area contributed by atoms with Crippen molar-refractivity contribution in [2.75, 3.05) is 19.8 Å². The zero-order valence-corrected chi connectivity index (χ0v) is 10.6. The molecule has 0 saturated carbocycles. The number of carbonyl (C=O) groups excluding carboxylic acids is 1. The minimum absolute atomic E-state index is 0.0453. The van der Waals surface area contributed by atoms with Crippen LogP contribution in [0.15, 0.2) is 16.8 Å². The van der Waals surface area contributed by atoms with Gasteiger partial charge in [0, 0.05) is 19.8 Å². The van der Waals surface area contributed by atoms with Crippen molar-refractivity contribution in [2.45, 2.75) is 24.8 Å². The maximum atomic E-state index is 12.0. The lowest BCUT2D eigenvalue weighted by atomic mass is 9.90. The number of nitrogens with one attached hydrogen (secondary N) is 1. The Morgan fingerprint density at radius 3 is 2.94 bits per heavy atom. The van der Waals surface area contributed by atoms with Crippen molar-refractivity contribution in [3.8, 4) is 0 Å². The van der Waals surface area contributed by atoms with Crippen LogP contribution in [0.3, 0.4) is 0 Å². The van der Waals surface area contributed by atoms with Crippen LogP contribution in [-0.4, -0.2) is 31.2 Å². The molecule has 5 heteroatoms. The van der Waals surface area contributed by atoms with Crippen molar-refractivity contribution in [3.63, 3.8) is 0 Å². The monoisotopic (exact) mass is 254 g/mol. The highest BCUT2D eigenvalue weighted by Gasteiger charge is 2.35. The third kappa shape index (κ3) is 3.28. The molecule has 1 aromatic rings. The van der Waals surface area contributed by atoms with E-state index in [0.29, 0.717) is 32.6 Å². The third-order valence-corrected chi connectivity index (χ3v) is 3.85. The zero-order valence-electron chi connectivity index (χ0n) is 9.78. The maximum Gasteiger partial charge on any atom is 0.240 e. The van der Waals surface area contributed by atoms with Crippen LogP contribution in [-0.2, 0) is 16.0 Å². The lowest BCUT2D eigenvalue weighted by Crippen LogP contribution is -2.57. The van der Waals surface area contributed by atoms with Gasteiger partial charge in [0.15, 0.2) is 0 Å². The molecule has 1 saturated heterocycles. The first kappa shape index (κ1) is 12.5. The highest BCUT2D eigenvalue weighted by atomic mass is 32.1. The molecule has 1 aliphatic heterocycles. The average molecular weight is 254 g/mol. The molecule has 0 aliphatic carbocycles. The molecule has 0 atom stereocenters. The van der Waals surface area contributed by atoms with E-state index in [4.69, 9.17) is 10.5 Å². The highest BCUT2D eigenvalue weighted by Crippen LogP contribution is 2.17. The SMILES string of the molecule is NC1(C(=O)NCCc2ccsc2)CCOCC1. The minimum Gasteiger partial charge on any atom is -0.381 e. The van der Waals surface area contributed by atoms with Crippen LogP contribution < -0.4 is 11.1 Å². The number of carbonyl (C=O) groups is 1. The molecule has 17 heavy (non-hydrogen) atoms. The van der Waals surface area contributed by atoms with Crippen LogP contribution in [0.2, 0.25) is 0 Å². The van der Waals surface area contributed by atoms with E-state index in [0.717, 1.165) is 6.42 Å². The second-order valence-electron chi connectivity index (χ2n) is 4.41. The van der Waals surface area contributed by atoms with Crippen LogP contribution >= 0.6 is 11.3 Å². The fourth-order valence-electron chi connectivity index (χ4n) is 1.89. The normalized spacial score (nSPS) is 18.9. The summed E-state index contributed by atoms with van der Waals surface area (Å²) in [7, 11) is 0. The van der Waals surface area contributed by atoms with Gasteiger partial charge in [0.25, 0.3) is 0 Å². The summed E-state index contributed by atoms with van der Waals surface area (Å²) < 4.78 is 5.22. The van der Waals surface area contributed by atoms with Gasteiger partial charge in [-0.05, 0) is 41.7 Å². The Morgan fingerprint density at radius 1 is 1.53 bits per heavy atom. The Labute approximate surface area is 105 Å². The fraction of sp³-hybridized carbons (Fsp3) is 0.583. The molecule has 1 amide bonds. The molecular weight excluding hydrogens is 236 g/mol. The summed E-state index contributed by atoms with van der Waals surface area (Å²) in [5.74, 6) is -0.0453. The first-order valence-corrected chi connectivity index (χ1v) is 6.81. The molecule has 0 bridgehead atoms. The Kier molecular flexibility index (Phi) is 4.15. The van der Waals surface area contributed by atoms with Gasteiger partial charge in [-0.15, -0.1) is 0 Å². The molecule has 0 unspecified atom stereocenters. The first-order valence-electron chi connectivity index (χ1n) is 5.87. The van der Waals surface area contributed by atoms with E-state index in [1.54, 1.807) is 11.3 Å². The van der Waals surface area contributed by atoms with Crippen LogP contribution in [0, 0.1) is 0 Å². The average Bonchev–Trinajstić information content (AvgIpc) is 2.83. The topological polar surface area (TPSA) is 64.4 Å². The molecule has 1 aliphatic rings. The van der Waals surface area contributed by atoms with E-state index in [1.165, 1.54) is 5.56 Å². The van der Waals surface area contributed by atoms with E-state index < -0.39 is 5.54 Å². The molecule has 2 rings (SSSR count). The molecule has 2 heterocycles. The summed E-state index contributed by atoms with van der Waals surface area (Å²) in [5.41, 5.74) is 6.60. The molecule has 94 valence electrons. The first-order chi connectivity index (χ1) is 8.21. The summed E-state index contributed by atoms with van der Waals surface area (Å²) >= 11 is 1.67. The lowest BCUT2D eigenvalue weighted by Gasteiger charge is -2.31. The summed E-state index contributed by atoms with van der Waals surface area (Å²) in [6.45, 7) is 1.80. The van der Waals surface area contributed by atoms with Crippen molar-refractivity contribution in [2.24, 2.45) is 5.73 Å². The number of hydrogen-bond acceptors (Lipinski definition) is 4. The van der Waals surface area contributed by atoms with Crippen molar-refractivity contribution in [1.82, 2.24) is 5.32 Å². The van der Waals surface area contributed by atoms with Crippen molar-refractivity contribution >= 4 is 17.2 Å². The molecule has 1 fully saturated rings.